The number of carbonyl (C=O) groups is 1. The lowest BCUT2D eigenvalue weighted by Gasteiger charge is -2.07. The molecule has 1 amide bonds. The Morgan fingerprint density at radius 1 is 1.14 bits per heavy atom. The molecular formula is C16H15N3O3. The predicted molar refractivity (Wildman–Crippen MR) is 83.7 cm³/mol. The summed E-state index contributed by atoms with van der Waals surface area (Å²) < 4.78 is 5.13. The van der Waals surface area contributed by atoms with Crippen LogP contribution in [0.3, 0.4) is 0 Å². The van der Waals surface area contributed by atoms with E-state index in [-0.39, 0.29) is 0 Å². The molecule has 0 fully saturated rings. The summed E-state index contributed by atoms with van der Waals surface area (Å²) in [5, 5.41) is 15.7. The second-order valence-electron chi connectivity index (χ2n) is 4.25. The van der Waals surface area contributed by atoms with Crippen LogP contribution in [0.1, 0.15) is 15.9 Å². The number of methoxy groups -OCH3 is 1. The van der Waals surface area contributed by atoms with Gasteiger partial charge in [0.2, 0.25) is 0 Å². The van der Waals surface area contributed by atoms with Crippen LogP contribution in [0.2, 0.25) is 0 Å². The molecule has 0 radical (unpaired) electrons. The highest BCUT2D eigenvalue weighted by Gasteiger charge is 2.11. The van der Waals surface area contributed by atoms with Crippen molar-refractivity contribution in [3.8, 4) is 5.75 Å². The van der Waals surface area contributed by atoms with Crippen LogP contribution in [0.15, 0.2) is 64.9 Å². The van der Waals surface area contributed by atoms with Gasteiger partial charge in [-0.1, -0.05) is 47.6 Å². The lowest BCUT2D eigenvalue weighted by Crippen LogP contribution is -2.21. The van der Waals surface area contributed by atoms with Gasteiger partial charge in [-0.2, -0.15) is 5.10 Å². The molecular weight excluding hydrogens is 282 g/mol. The Kier molecular flexibility index (Phi) is 5.25. The average molecular weight is 297 g/mol. The van der Waals surface area contributed by atoms with Gasteiger partial charge in [-0.05, 0) is 12.1 Å². The van der Waals surface area contributed by atoms with Crippen LogP contribution < -0.4 is 10.2 Å². The number of nitrogens with one attached hydrogen (secondary N) is 1. The smallest absolute Gasteiger partial charge is 0.275 e. The molecule has 2 aromatic rings. The summed E-state index contributed by atoms with van der Waals surface area (Å²) >= 11 is 0. The zero-order chi connectivity index (χ0) is 15.8. The molecule has 6 heteroatoms. The van der Waals surface area contributed by atoms with Crippen molar-refractivity contribution >= 4 is 17.8 Å². The quantitative estimate of drug-likeness (QED) is 0.504. The Balaban J connectivity index is 2.22. The van der Waals surface area contributed by atoms with Crippen molar-refractivity contribution in [2.45, 2.75) is 0 Å². The number of ether oxygens (including phenoxy) is 1. The standard InChI is InChI=1S/C16H15N3O3/c1-22-15-10-6-5-9-13(15)16(20)19-18-14(11-17-21)12-7-3-2-4-8-12/h2-11,21H,1H3,(H,19,20). The second-order valence-corrected chi connectivity index (χ2v) is 4.25. The lowest BCUT2D eigenvalue weighted by molar-refractivity contribution is 0.0952. The molecule has 0 heterocycles. The highest BCUT2D eigenvalue weighted by atomic mass is 16.5. The molecule has 0 aliphatic carbocycles. The normalized spacial score (nSPS) is 11.4. The Morgan fingerprint density at radius 2 is 1.82 bits per heavy atom. The number of hydrogen-bond donors (Lipinski definition) is 2. The fourth-order valence-corrected chi connectivity index (χ4v) is 1.84. The molecule has 0 bridgehead atoms. The zero-order valence-electron chi connectivity index (χ0n) is 11.9. The highest BCUT2D eigenvalue weighted by Crippen LogP contribution is 2.16. The first kappa shape index (κ1) is 15.2. The Bertz CT molecular complexity index is 697. The van der Waals surface area contributed by atoms with E-state index in [4.69, 9.17) is 9.94 Å². The number of rotatable bonds is 5. The minimum absolute atomic E-state index is 0.325. The lowest BCUT2D eigenvalue weighted by atomic mass is 10.1. The number of hydrogen-bond acceptors (Lipinski definition) is 5. The van der Waals surface area contributed by atoms with E-state index >= 15 is 0 Å². The van der Waals surface area contributed by atoms with Crippen molar-refractivity contribution in [3.05, 3.63) is 65.7 Å². The molecule has 0 saturated heterocycles. The van der Waals surface area contributed by atoms with Crippen LogP contribution >= 0.6 is 0 Å². The monoisotopic (exact) mass is 297 g/mol. The van der Waals surface area contributed by atoms with Crippen molar-refractivity contribution in [1.29, 1.82) is 0 Å². The number of amides is 1. The summed E-state index contributed by atoms with van der Waals surface area (Å²) in [5.74, 6) is 0.0320. The van der Waals surface area contributed by atoms with Crippen molar-refractivity contribution in [1.82, 2.24) is 5.43 Å². The van der Waals surface area contributed by atoms with Gasteiger partial charge in [-0.25, -0.2) is 5.43 Å². The first-order valence-corrected chi connectivity index (χ1v) is 6.50. The van der Waals surface area contributed by atoms with Gasteiger partial charge in [0, 0.05) is 5.56 Å². The molecule has 0 atom stereocenters. The molecule has 0 saturated carbocycles. The van der Waals surface area contributed by atoms with E-state index in [1.807, 2.05) is 18.2 Å². The van der Waals surface area contributed by atoms with E-state index in [0.29, 0.717) is 22.6 Å². The largest absolute Gasteiger partial charge is 0.496 e. The molecule has 6 nitrogen and oxygen atoms in total. The molecule has 0 aliphatic heterocycles. The van der Waals surface area contributed by atoms with Gasteiger partial charge in [-0.3, -0.25) is 4.79 Å². The third kappa shape index (κ3) is 3.69. The van der Waals surface area contributed by atoms with E-state index in [1.165, 1.54) is 7.11 Å². The number of benzene rings is 2. The van der Waals surface area contributed by atoms with Crippen LogP contribution in [-0.4, -0.2) is 30.2 Å². The average Bonchev–Trinajstić information content (AvgIpc) is 2.59. The topological polar surface area (TPSA) is 83.3 Å². The van der Waals surface area contributed by atoms with Crippen molar-refractivity contribution in [3.63, 3.8) is 0 Å². The summed E-state index contributed by atoms with van der Waals surface area (Å²) in [6.07, 6.45) is 1.15. The number of oxime groups is 1. The van der Waals surface area contributed by atoms with Gasteiger partial charge in [0.15, 0.2) is 0 Å². The van der Waals surface area contributed by atoms with Gasteiger partial charge in [-0.15, -0.1) is 0 Å². The van der Waals surface area contributed by atoms with Crippen LogP contribution in [0.25, 0.3) is 0 Å². The van der Waals surface area contributed by atoms with Crippen molar-refractivity contribution in [2.75, 3.05) is 7.11 Å². The minimum atomic E-state index is -0.419. The first-order valence-electron chi connectivity index (χ1n) is 6.50. The van der Waals surface area contributed by atoms with Gasteiger partial charge in [0.1, 0.15) is 11.5 Å². The molecule has 0 spiro atoms. The summed E-state index contributed by atoms with van der Waals surface area (Å²) in [6, 6.07) is 15.9. The van der Waals surface area contributed by atoms with E-state index in [2.05, 4.69) is 15.7 Å². The Morgan fingerprint density at radius 3 is 2.50 bits per heavy atom. The van der Waals surface area contributed by atoms with Gasteiger partial charge < -0.3 is 9.94 Å². The minimum Gasteiger partial charge on any atom is -0.496 e. The molecule has 0 aliphatic rings. The Labute approximate surface area is 127 Å². The first-order chi connectivity index (χ1) is 10.8. The summed E-state index contributed by atoms with van der Waals surface area (Å²) in [5.41, 5.74) is 3.82. The van der Waals surface area contributed by atoms with E-state index in [0.717, 1.165) is 6.21 Å². The van der Waals surface area contributed by atoms with Crippen molar-refractivity contribution < 1.29 is 14.7 Å². The third-order valence-corrected chi connectivity index (χ3v) is 2.88. The van der Waals surface area contributed by atoms with Crippen LogP contribution in [0, 0.1) is 0 Å². The van der Waals surface area contributed by atoms with E-state index < -0.39 is 5.91 Å². The SMILES string of the molecule is COc1ccccc1C(=O)NN=C(C=NO)c1ccccc1. The summed E-state index contributed by atoms with van der Waals surface area (Å²) in [6.45, 7) is 0. The zero-order valence-corrected chi connectivity index (χ0v) is 11.9. The predicted octanol–water partition coefficient (Wildman–Crippen LogP) is 2.29. The molecule has 0 unspecified atom stereocenters. The number of nitrogens with zero attached hydrogens (tertiary/aromatic N) is 2. The van der Waals surface area contributed by atoms with Gasteiger partial charge >= 0.3 is 0 Å². The maximum atomic E-state index is 12.2. The number of carbonyl (C=O) groups excluding carboxylic acids is 1. The number of para-hydroxylation sites is 1. The Hall–Kier alpha value is -3.15. The maximum absolute atomic E-state index is 12.2. The van der Waals surface area contributed by atoms with E-state index in [9.17, 15) is 4.79 Å². The molecule has 22 heavy (non-hydrogen) atoms. The maximum Gasteiger partial charge on any atom is 0.275 e. The van der Waals surface area contributed by atoms with Crippen LogP contribution in [-0.2, 0) is 0 Å². The third-order valence-electron chi connectivity index (χ3n) is 2.88. The summed E-state index contributed by atoms with van der Waals surface area (Å²) in [4.78, 5) is 12.2. The molecule has 2 rings (SSSR count). The summed E-state index contributed by atoms with van der Waals surface area (Å²) in [7, 11) is 1.49. The fraction of sp³-hybridized carbons (Fsp3) is 0.0625. The van der Waals surface area contributed by atoms with Crippen molar-refractivity contribution in [2.24, 2.45) is 10.3 Å². The molecule has 2 aromatic carbocycles. The van der Waals surface area contributed by atoms with Gasteiger partial charge in [0.05, 0.1) is 18.9 Å². The van der Waals surface area contributed by atoms with Crippen LogP contribution in [0.5, 0.6) is 5.75 Å². The van der Waals surface area contributed by atoms with Crippen LogP contribution in [0.4, 0.5) is 0 Å². The molecule has 0 aromatic heterocycles. The molecule has 112 valence electrons. The second kappa shape index (κ2) is 7.58. The molecule has 2 N–H and O–H groups in total. The fourth-order valence-electron chi connectivity index (χ4n) is 1.84. The van der Waals surface area contributed by atoms with E-state index in [1.54, 1.807) is 36.4 Å². The highest BCUT2D eigenvalue weighted by molar-refractivity contribution is 6.38. The number of hydrazone groups is 1. The van der Waals surface area contributed by atoms with Gasteiger partial charge in [0.25, 0.3) is 5.91 Å².